The third-order valence-electron chi connectivity index (χ3n) is 2.95. The number of hydrogen-bond acceptors (Lipinski definition) is 3. The van der Waals surface area contributed by atoms with Gasteiger partial charge in [-0.1, -0.05) is 11.6 Å². The van der Waals surface area contributed by atoms with E-state index in [-0.39, 0.29) is 36.3 Å². The van der Waals surface area contributed by atoms with E-state index in [1.807, 2.05) is 13.8 Å². The van der Waals surface area contributed by atoms with Crippen LogP contribution in [0.1, 0.15) is 25.8 Å². The molecular formula is C16H25ClF2IN3O2. The summed E-state index contributed by atoms with van der Waals surface area (Å²) >= 11 is 5.93. The van der Waals surface area contributed by atoms with Crippen LogP contribution in [0.4, 0.5) is 8.78 Å². The number of benzene rings is 1. The molecule has 5 nitrogen and oxygen atoms in total. The molecule has 0 fully saturated rings. The summed E-state index contributed by atoms with van der Waals surface area (Å²) < 4.78 is 34.7. The van der Waals surface area contributed by atoms with Gasteiger partial charge in [0.05, 0.1) is 6.54 Å². The van der Waals surface area contributed by atoms with E-state index in [1.54, 1.807) is 6.07 Å². The Morgan fingerprint density at radius 2 is 2.04 bits per heavy atom. The van der Waals surface area contributed by atoms with E-state index in [1.165, 1.54) is 12.1 Å². The predicted octanol–water partition coefficient (Wildman–Crippen LogP) is 4.04. The molecule has 1 aromatic carbocycles. The molecule has 0 aliphatic heterocycles. The van der Waals surface area contributed by atoms with Crippen molar-refractivity contribution in [3.63, 3.8) is 0 Å². The van der Waals surface area contributed by atoms with E-state index >= 15 is 0 Å². The lowest BCUT2D eigenvalue weighted by molar-refractivity contribution is -0.0504. The van der Waals surface area contributed by atoms with Gasteiger partial charge in [-0.25, -0.2) is 4.99 Å². The minimum absolute atomic E-state index is 0. The van der Waals surface area contributed by atoms with E-state index < -0.39 is 6.61 Å². The molecule has 0 unspecified atom stereocenters. The fourth-order valence-electron chi connectivity index (χ4n) is 1.91. The number of nitrogens with one attached hydrogen (secondary N) is 2. The number of ether oxygens (including phenoxy) is 2. The molecule has 25 heavy (non-hydrogen) atoms. The molecule has 0 spiro atoms. The van der Waals surface area contributed by atoms with Crippen LogP contribution in [0.25, 0.3) is 0 Å². The monoisotopic (exact) mass is 491 g/mol. The number of guanidine groups is 1. The number of nitrogens with zero attached hydrogens (tertiary/aromatic N) is 1. The molecule has 0 heterocycles. The van der Waals surface area contributed by atoms with E-state index in [2.05, 4.69) is 20.4 Å². The quantitative estimate of drug-likeness (QED) is 0.224. The van der Waals surface area contributed by atoms with Crippen LogP contribution in [0.3, 0.4) is 0 Å². The van der Waals surface area contributed by atoms with Crippen molar-refractivity contribution in [2.75, 3.05) is 26.3 Å². The zero-order valence-electron chi connectivity index (χ0n) is 14.4. The smallest absolute Gasteiger partial charge is 0.387 e. The zero-order valence-corrected chi connectivity index (χ0v) is 17.4. The van der Waals surface area contributed by atoms with Crippen LogP contribution in [0.15, 0.2) is 23.2 Å². The molecule has 1 rings (SSSR count). The second-order valence-corrected chi connectivity index (χ2v) is 5.24. The Labute approximate surface area is 169 Å². The van der Waals surface area contributed by atoms with Crippen molar-refractivity contribution in [1.82, 2.24) is 10.6 Å². The Kier molecular flexibility index (Phi) is 13.8. The van der Waals surface area contributed by atoms with Gasteiger partial charge in [-0.15, -0.1) is 24.0 Å². The topological polar surface area (TPSA) is 54.9 Å². The highest BCUT2D eigenvalue weighted by Gasteiger charge is 2.10. The number of rotatable bonds is 10. The van der Waals surface area contributed by atoms with Gasteiger partial charge >= 0.3 is 6.61 Å². The fourth-order valence-corrected chi connectivity index (χ4v) is 2.11. The minimum Gasteiger partial charge on any atom is -0.434 e. The summed E-state index contributed by atoms with van der Waals surface area (Å²) in [6.07, 6.45) is 0.842. The molecule has 0 atom stereocenters. The second kappa shape index (κ2) is 14.3. The van der Waals surface area contributed by atoms with Crippen molar-refractivity contribution < 1.29 is 18.3 Å². The van der Waals surface area contributed by atoms with Crippen LogP contribution >= 0.6 is 35.6 Å². The van der Waals surface area contributed by atoms with Gasteiger partial charge in [0.2, 0.25) is 0 Å². The van der Waals surface area contributed by atoms with Gasteiger partial charge in [-0.3, -0.25) is 0 Å². The lowest BCUT2D eigenvalue weighted by Crippen LogP contribution is -2.38. The van der Waals surface area contributed by atoms with Crippen molar-refractivity contribution >= 4 is 41.5 Å². The molecule has 0 amide bonds. The van der Waals surface area contributed by atoms with Gasteiger partial charge in [0, 0.05) is 36.9 Å². The molecule has 0 aliphatic carbocycles. The number of halogens is 4. The van der Waals surface area contributed by atoms with Crippen molar-refractivity contribution in [3.8, 4) is 5.75 Å². The van der Waals surface area contributed by atoms with Crippen LogP contribution in [0.2, 0.25) is 5.02 Å². The number of hydrogen-bond donors (Lipinski definition) is 2. The van der Waals surface area contributed by atoms with Gasteiger partial charge in [-0.05, 0) is 38.5 Å². The first-order chi connectivity index (χ1) is 11.6. The summed E-state index contributed by atoms with van der Waals surface area (Å²) in [4.78, 5) is 4.38. The normalized spacial score (nSPS) is 11.2. The number of aliphatic imine (C=N–C) groups is 1. The molecule has 0 aromatic heterocycles. The van der Waals surface area contributed by atoms with Crippen LogP contribution < -0.4 is 15.4 Å². The van der Waals surface area contributed by atoms with Crippen LogP contribution in [-0.4, -0.2) is 38.9 Å². The maximum atomic E-state index is 12.5. The Hall–Kier alpha value is -0.870. The average Bonchev–Trinajstić information content (AvgIpc) is 2.54. The van der Waals surface area contributed by atoms with Crippen molar-refractivity contribution in [2.45, 2.75) is 33.4 Å². The Bertz CT molecular complexity index is 522. The highest BCUT2D eigenvalue weighted by molar-refractivity contribution is 14.0. The summed E-state index contributed by atoms with van der Waals surface area (Å²) in [6.45, 7) is 3.92. The highest BCUT2D eigenvalue weighted by Crippen LogP contribution is 2.25. The summed E-state index contributed by atoms with van der Waals surface area (Å²) in [5.41, 5.74) is 0.495. The molecule has 0 radical (unpaired) electrons. The van der Waals surface area contributed by atoms with Crippen LogP contribution in [-0.2, 0) is 11.3 Å². The first kappa shape index (κ1) is 24.1. The minimum atomic E-state index is -2.89. The van der Waals surface area contributed by atoms with Gasteiger partial charge < -0.3 is 20.1 Å². The standard InChI is InChI=1S/C16H24ClF2N3O2.HI/c1-3-20-16(21-8-5-9-23-4-2)22-11-12-10-13(17)6-7-14(12)24-15(18)19;/h6-7,10,15H,3-5,8-9,11H2,1-2H3,(H2,20,21,22);1H. The van der Waals surface area contributed by atoms with E-state index in [4.69, 9.17) is 16.3 Å². The van der Waals surface area contributed by atoms with Crippen molar-refractivity contribution in [1.29, 1.82) is 0 Å². The summed E-state index contributed by atoms with van der Waals surface area (Å²) in [5, 5.41) is 6.70. The van der Waals surface area contributed by atoms with Gasteiger partial charge in [0.1, 0.15) is 5.75 Å². The maximum absolute atomic E-state index is 12.5. The van der Waals surface area contributed by atoms with Crippen molar-refractivity contribution in [3.05, 3.63) is 28.8 Å². The molecule has 0 saturated carbocycles. The second-order valence-electron chi connectivity index (χ2n) is 4.80. The third-order valence-corrected chi connectivity index (χ3v) is 3.19. The molecule has 0 bridgehead atoms. The largest absolute Gasteiger partial charge is 0.434 e. The SMILES string of the molecule is CCNC(=NCc1cc(Cl)ccc1OC(F)F)NCCCOCC.I. The first-order valence-electron chi connectivity index (χ1n) is 7.90. The maximum Gasteiger partial charge on any atom is 0.387 e. The van der Waals surface area contributed by atoms with E-state index in [0.717, 1.165) is 6.42 Å². The molecule has 2 N–H and O–H groups in total. The summed E-state index contributed by atoms with van der Waals surface area (Å²) in [6, 6.07) is 4.49. The van der Waals surface area contributed by atoms with E-state index in [0.29, 0.717) is 42.8 Å². The molecular weight excluding hydrogens is 467 g/mol. The Balaban J connectivity index is 0.00000576. The molecule has 1 aromatic rings. The summed E-state index contributed by atoms with van der Waals surface area (Å²) in [7, 11) is 0. The lowest BCUT2D eigenvalue weighted by atomic mass is 10.2. The zero-order chi connectivity index (χ0) is 17.8. The van der Waals surface area contributed by atoms with Crippen LogP contribution in [0, 0.1) is 0 Å². The van der Waals surface area contributed by atoms with Gasteiger partial charge in [0.15, 0.2) is 5.96 Å². The Morgan fingerprint density at radius 1 is 1.28 bits per heavy atom. The fraction of sp³-hybridized carbons (Fsp3) is 0.562. The first-order valence-corrected chi connectivity index (χ1v) is 8.27. The lowest BCUT2D eigenvalue weighted by Gasteiger charge is -2.13. The molecule has 0 saturated heterocycles. The summed E-state index contributed by atoms with van der Waals surface area (Å²) in [5.74, 6) is 0.669. The molecule has 9 heteroatoms. The predicted molar refractivity (Wildman–Crippen MR) is 107 cm³/mol. The van der Waals surface area contributed by atoms with Gasteiger partial charge in [-0.2, -0.15) is 8.78 Å². The van der Waals surface area contributed by atoms with E-state index in [9.17, 15) is 8.78 Å². The van der Waals surface area contributed by atoms with Crippen molar-refractivity contribution in [2.24, 2.45) is 4.99 Å². The van der Waals surface area contributed by atoms with Crippen LogP contribution in [0.5, 0.6) is 5.75 Å². The Morgan fingerprint density at radius 3 is 2.68 bits per heavy atom. The average molecular weight is 492 g/mol. The third kappa shape index (κ3) is 10.7. The molecule has 144 valence electrons. The highest BCUT2D eigenvalue weighted by atomic mass is 127. The molecule has 0 aliphatic rings. The number of alkyl halides is 2. The van der Waals surface area contributed by atoms with Gasteiger partial charge in [0.25, 0.3) is 0 Å².